The highest BCUT2D eigenvalue weighted by Crippen LogP contribution is 2.29. The summed E-state index contributed by atoms with van der Waals surface area (Å²) in [5.41, 5.74) is 1.35. The third-order valence-electron chi connectivity index (χ3n) is 4.53. The Hall–Kier alpha value is -3.00. The summed E-state index contributed by atoms with van der Waals surface area (Å²) in [6, 6.07) is 14.5. The van der Waals surface area contributed by atoms with E-state index in [1.165, 1.54) is 16.7 Å². The lowest BCUT2D eigenvalue weighted by atomic mass is 10.2. The second-order valence-electron chi connectivity index (χ2n) is 6.95. The number of benzene rings is 2. The molecule has 0 spiro atoms. The molecule has 0 aliphatic carbocycles. The number of amidine groups is 1. The van der Waals surface area contributed by atoms with Gasteiger partial charge < -0.3 is 14.8 Å². The van der Waals surface area contributed by atoms with Gasteiger partial charge in [-0.3, -0.25) is 14.5 Å². The number of nitrogens with one attached hydrogen (secondary N) is 1. The van der Waals surface area contributed by atoms with Gasteiger partial charge in [-0.25, -0.2) is 4.99 Å². The predicted molar refractivity (Wildman–Crippen MR) is 124 cm³/mol. The van der Waals surface area contributed by atoms with Crippen molar-refractivity contribution in [3.8, 4) is 11.5 Å². The van der Waals surface area contributed by atoms with Gasteiger partial charge in [0.15, 0.2) is 5.17 Å². The van der Waals surface area contributed by atoms with E-state index in [1.54, 1.807) is 19.2 Å². The van der Waals surface area contributed by atoms with Crippen LogP contribution in [0, 0.1) is 0 Å². The van der Waals surface area contributed by atoms with Crippen molar-refractivity contribution in [1.29, 1.82) is 0 Å². The number of ether oxygens (including phenoxy) is 2. The fourth-order valence-electron chi connectivity index (χ4n) is 2.87. The van der Waals surface area contributed by atoms with E-state index in [4.69, 9.17) is 9.47 Å². The fourth-order valence-corrected chi connectivity index (χ4v) is 3.93. The van der Waals surface area contributed by atoms with Gasteiger partial charge in [-0.2, -0.15) is 0 Å². The lowest BCUT2D eigenvalue weighted by molar-refractivity contribution is -0.128. The van der Waals surface area contributed by atoms with E-state index in [2.05, 4.69) is 10.3 Å². The summed E-state index contributed by atoms with van der Waals surface area (Å²) in [5, 5.41) is 2.81. The zero-order chi connectivity index (χ0) is 22.2. The summed E-state index contributed by atoms with van der Waals surface area (Å²) >= 11 is 1.28. The minimum atomic E-state index is -0.554. The highest BCUT2D eigenvalue weighted by Gasteiger charge is 2.34. The molecule has 1 fully saturated rings. The van der Waals surface area contributed by atoms with Gasteiger partial charge in [0.25, 0.3) is 0 Å². The Morgan fingerprint density at radius 1 is 1.10 bits per heavy atom. The van der Waals surface area contributed by atoms with Crippen LogP contribution in [0.5, 0.6) is 11.5 Å². The Morgan fingerprint density at radius 2 is 1.74 bits per heavy atom. The van der Waals surface area contributed by atoms with Crippen molar-refractivity contribution in [2.24, 2.45) is 4.99 Å². The number of thioether (sulfide) groups is 1. The number of aliphatic imine (C=N–C) groups is 1. The summed E-state index contributed by atoms with van der Waals surface area (Å²) in [6.07, 6.45) is 1.05. The number of hydrogen-bond donors (Lipinski definition) is 1. The number of nitrogens with zero attached hydrogens (tertiary/aromatic N) is 2. The molecule has 7 nitrogen and oxygen atoms in total. The van der Waals surface area contributed by atoms with Gasteiger partial charge >= 0.3 is 0 Å². The molecule has 1 atom stereocenters. The van der Waals surface area contributed by atoms with Crippen LogP contribution in [0.3, 0.4) is 0 Å². The molecule has 1 N–H and O–H groups in total. The summed E-state index contributed by atoms with van der Waals surface area (Å²) in [5.74, 6) is 1.14. The Bertz CT molecular complexity index is 929. The van der Waals surface area contributed by atoms with E-state index in [-0.39, 0.29) is 18.2 Å². The van der Waals surface area contributed by atoms with Crippen LogP contribution in [-0.4, -0.2) is 47.4 Å². The van der Waals surface area contributed by atoms with E-state index in [1.807, 2.05) is 50.2 Å². The molecule has 1 unspecified atom stereocenters. The molecule has 2 aromatic rings. The molecule has 2 amide bonds. The quantitative estimate of drug-likeness (QED) is 0.654. The first-order chi connectivity index (χ1) is 15.0. The smallest absolute Gasteiger partial charge is 0.238 e. The number of carbonyl (C=O) groups excluding carboxylic acids is 2. The van der Waals surface area contributed by atoms with Gasteiger partial charge in [0.2, 0.25) is 11.8 Å². The maximum absolute atomic E-state index is 12.8. The zero-order valence-corrected chi connectivity index (χ0v) is 18.8. The molecule has 1 saturated heterocycles. The first-order valence-electron chi connectivity index (χ1n) is 10.3. The maximum Gasteiger partial charge on any atom is 0.238 e. The molecule has 0 bridgehead atoms. The number of hydrogen-bond acceptors (Lipinski definition) is 6. The maximum atomic E-state index is 12.8. The first-order valence-corrected chi connectivity index (χ1v) is 11.2. The normalized spacial score (nSPS) is 17.5. The molecule has 164 valence electrons. The lowest BCUT2D eigenvalue weighted by Crippen LogP contribution is -2.43. The Balaban J connectivity index is 1.67. The predicted octanol–water partition coefficient (Wildman–Crippen LogP) is 4.46. The SMILES string of the molecule is CCCOc1ccc(NC(=O)C2CC(=O)N(C)C(=Nc3ccc(OCC)cc3)S2)cc1. The van der Waals surface area contributed by atoms with Crippen molar-refractivity contribution >= 4 is 40.1 Å². The number of anilines is 1. The van der Waals surface area contributed by atoms with Crippen molar-refractivity contribution in [3.63, 3.8) is 0 Å². The Morgan fingerprint density at radius 3 is 2.39 bits per heavy atom. The second-order valence-corrected chi connectivity index (χ2v) is 8.12. The third kappa shape index (κ3) is 6.24. The van der Waals surface area contributed by atoms with Crippen molar-refractivity contribution in [2.45, 2.75) is 31.9 Å². The third-order valence-corrected chi connectivity index (χ3v) is 5.77. The molecule has 31 heavy (non-hydrogen) atoms. The molecule has 3 rings (SSSR count). The van der Waals surface area contributed by atoms with E-state index >= 15 is 0 Å². The van der Waals surface area contributed by atoms with Gasteiger partial charge in [0.05, 0.1) is 18.9 Å². The number of carbonyl (C=O) groups is 2. The average Bonchev–Trinajstić information content (AvgIpc) is 2.77. The van der Waals surface area contributed by atoms with Crippen LogP contribution >= 0.6 is 11.8 Å². The van der Waals surface area contributed by atoms with E-state index < -0.39 is 5.25 Å². The van der Waals surface area contributed by atoms with Crippen LogP contribution < -0.4 is 14.8 Å². The minimum Gasteiger partial charge on any atom is -0.494 e. The van der Waals surface area contributed by atoms with Gasteiger partial charge in [0.1, 0.15) is 16.7 Å². The van der Waals surface area contributed by atoms with Crippen molar-refractivity contribution in [2.75, 3.05) is 25.6 Å². The fraction of sp³-hybridized carbons (Fsp3) is 0.348. The van der Waals surface area contributed by atoms with Crippen LogP contribution in [0.2, 0.25) is 0 Å². The molecular weight excluding hydrogens is 414 g/mol. The molecule has 1 aliphatic rings. The molecule has 1 heterocycles. The molecule has 2 aromatic carbocycles. The van der Waals surface area contributed by atoms with Crippen molar-refractivity contribution in [1.82, 2.24) is 4.90 Å². The topological polar surface area (TPSA) is 80.2 Å². The Kier molecular flexibility index (Phi) is 7.94. The second kappa shape index (κ2) is 10.9. The summed E-state index contributed by atoms with van der Waals surface area (Å²) in [6.45, 7) is 5.21. The monoisotopic (exact) mass is 441 g/mol. The molecule has 0 saturated carbocycles. The Labute approximate surface area is 186 Å². The largest absolute Gasteiger partial charge is 0.494 e. The van der Waals surface area contributed by atoms with Gasteiger partial charge in [0, 0.05) is 19.2 Å². The van der Waals surface area contributed by atoms with Gasteiger partial charge in [-0.1, -0.05) is 18.7 Å². The average molecular weight is 442 g/mol. The number of rotatable bonds is 8. The summed E-state index contributed by atoms with van der Waals surface area (Å²) in [4.78, 5) is 31.3. The van der Waals surface area contributed by atoms with Crippen LogP contribution in [0.4, 0.5) is 11.4 Å². The standard InChI is InChI=1S/C23H27N3O4S/c1-4-14-30-19-12-6-16(7-13-19)24-22(28)20-15-21(27)26(3)23(31-20)25-17-8-10-18(11-9-17)29-5-2/h6-13,20H,4-5,14-15H2,1-3H3,(H,24,28). The zero-order valence-electron chi connectivity index (χ0n) is 18.0. The lowest BCUT2D eigenvalue weighted by Gasteiger charge is -2.28. The first kappa shape index (κ1) is 22.7. The van der Waals surface area contributed by atoms with E-state index in [9.17, 15) is 9.59 Å². The van der Waals surface area contributed by atoms with Crippen LogP contribution in [0.15, 0.2) is 53.5 Å². The van der Waals surface area contributed by atoms with E-state index in [0.717, 1.165) is 17.9 Å². The molecule has 8 heteroatoms. The van der Waals surface area contributed by atoms with Crippen molar-refractivity contribution < 1.29 is 19.1 Å². The van der Waals surface area contributed by atoms with Crippen LogP contribution in [0.1, 0.15) is 26.7 Å². The van der Waals surface area contributed by atoms with Crippen LogP contribution in [0.25, 0.3) is 0 Å². The molecule has 0 radical (unpaired) electrons. The van der Waals surface area contributed by atoms with E-state index in [0.29, 0.717) is 29.8 Å². The highest BCUT2D eigenvalue weighted by atomic mass is 32.2. The minimum absolute atomic E-state index is 0.118. The van der Waals surface area contributed by atoms with Gasteiger partial charge in [-0.05, 0) is 61.9 Å². The summed E-state index contributed by atoms with van der Waals surface area (Å²) < 4.78 is 11.0. The summed E-state index contributed by atoms with van der Waals surface area (Å²) in [7, 11) is 1.67. The van der Waals surface area contributed by atoms with Gasteiger partial charge in [-0.15, -0.1) is 0 Å². The molecular formula is C23H27N3O4S. The molecule has 1 aliphatic heterocycles. The number of amides is 2. The highest BCUT2D eigenvalue weighted by molar-refractivity contribution is 8.15. The van der Waals surface area contributed by atoms with Crippen LogP contribution in [-0.2, 0) is 9.59 Å². The molecule has 0 aromatic heterocycles. The van der Waals surface area contributed by atoms with Crippen molar-refractivity contribution in [3.05, 3.63) is 48.5 Å².